The van der Waals surface area contributed by atoms with Crippen LogP contribution >= 0.6 is 0 Å². The van der Waals surface area contributed by atoms with Crippen LogP contribution in [-0.2, 0) is 4.79 Å². The summed E-state index contributed by atoms with van der Waals surface area (Å²) >= 11 is 0. The van der Waals surface area contributed by atoms with Crippen LogP contribution in [-0.4, -0.2) is 27.7 Å². The van der Waals surface area contributed by atoms with Crippen LogP contribution in [0.4, 0.5) is 0 Å². The molecule has 0 aliphatic rings. The van der Waals surface area contributed by atoms with Crippen molar-refractivity contribution in [3.05, 3.63) is 18.2 Å². The Labute approximate surface area is 82.8 Å². The molecule has 1 rings (SSSR count). The third-order valence-electron chi connectivity index (χ3n) is 2.08. The summed E-state index contributed by atoms with van der Waals surface area (Å²) in [6.45, 7) is 3.97. The van der Waals surface area contributed by atoms with Crippen molar-refractivity contribution in [2.75, 3.05) is 7.05 Å². The number of likely N-dealkylation sites (N-methyl/N-ethyl adjacent to an activating group) is 1. The third-order valence-corrected chi connectivity index (χ3v) is 2.08. The van der Waals surface area contributed by atoms with Gasteiger partial charge in [-0.3, -0.25) is 4.79 Å². The molecule has 5 heteroatoms. The SMILES string of the molecule is CNC(C(=O)O)c1cncn1C(C)C. The molecule has 5 nitrogen and oxygen atoms in total. The molecule has 0 aliphatic heterocycles. The Bertz CT molecular complexity index is 320. The Balaban J connectivity index is 3.03. The minimum atomic E-state index is -0.894. The quantitative estimate of drug-likeness (QED) is 0.749. The van der Waals surface area contributed by atoms with Crippen LogP contribution in [0.3, 0.4) is 0 Å². The molecule has 14 heavy (non-hydrogen) atoms. The molecular formula is C9H15N3O2. The first-order chi connectivity index (χ1) is 6.57. The molecule has 0 bridgehead atoms. The maximum atomic E-state index is 10.9. The zero-order chi connectivity index (χ0) is 10.7. The first-order valence-electron chi connectivity index (χ1n) is 4.49. The number of carboxylic acid groups (broad SMARTS) is 1. The summed E-state index contributed by atoms with van der Waals surface area (Å²) < 4.78 is 1.84. The predicted octanol–water partition coefficient (Wildman–Crippen LogP) is 0.809. The number of imidazole rings is 1. The zero-order valence-electron chi connectivity index (χ0n) is 8.56. The van der Waals surface area contributed by atoms with Gasteiger partial charge in [0.25, 0.3) is 0 Å². The Morgan fingerprint density at radius 1 is 1.64 bits per heavy atom. The van der Waals surface area contributed by atoms with Crippen LogP contribution in [0, 0.1) is 0 Å². The van der Waals surface area contributed by atoms with Gasteiger partial charge in [0, 0.05) is 6.04 Å². The lowest BCUT2D eigenvalue weighted by Gasteiger charge is -2.16. The Hall–Kier alpha value is -1.36. The van der Waals surface area contributed by atoms with Gasteiger partial charge in [-0.15, -0.1) is 0 Å². The van der Waals surface area contributed by atoms with Gasteiger partial charge in [-0.2, -0.15) is 0 Å². The summed E-state index contributed by atoms with van der Waals surface area (Å²) in [6.07, 6.45) is 3.22. The lowest BCUT2D eigenvalue weighted by atomic mass is 10.2. The van der Waals surface area contributed by atoms with Gasteiger partial charge in [0.05, 0.1) is 18.2 Å². The minimum absolute atomic E-state index is 0.211. The normalized spacial score (nSPS) is 13.1. The second-order valence-electron chi connectivity index (χ2n) is 3.38. The minimum Gasteiger partial charge on any atom is -0.480 e. The van der Waals surface area contributed by atoms with E-state index in [1.807, 2.05) is 18.4 Å². The number of aromatic nitrogens is 2. The molecule has 0 spiro atoms. The van der Waals surface area contributed by atoms with Crippen LogP contribution < -0.4 is 5.32 Å². The molecule has 0 radical (unpaired) electrons. The van der Waals surface area contributed by atoms with Crippen LogP contribution in [0.25, 0.3) is 0 Å². The highest BCUT2D eigenvalue weighted by Gasteiger charge is 2.21. The van der Waals surface area contributed by atoms with Crippen molar-refractivity contribution < 1.29 is 9.90 Å². The average molecular weight is 197 g/mol. The number of hydrogen-bond acceptors (Lipinski definition) is 3. The summed E-state index contributed by atoms with van der Waals surface area (Å²) in [5.41, 5.74) is 0.676. The van der Waals surface area contributed by atoms with Crippen molar-refractivity contribution in [3.8, 4) is 0 Å². The summed E-state index contributed by atoms with van der Waals surface area (Å²) in [5.74, 6) is -0.894. The Morgan fingerprint density at radius 2 is 2.29 bits per heavy atom. The second kappa shape index (κ2) is 4.23. The van der Waals surface area contributed by atoms with E-state index in [1.54, 1.807) is 19.6 Å². The number of aliphatic carboxylic acids is 1. The standard InChI is InChI=1S/C9H15N3O2/c1-6(2)12-5-11-4-7(12)8(10-3)9(13)14/h4-6,8,10H,1-3H3,(H,13,14). The number of hydrogen-bond donors (Lipinski definition) is 2. The number of carbonyl (C=O) groups is 1. The average Bonchev–Trinajstić information content (AvgIpc) is 2.53. The summed E-state index contributed by atoms with van der Waals surface area (Å²) in [7, 11) is 1.62. The molecule has 0 saturated heterocycles. The van der Waals surface area contributed by atoms with Gasteiger partial charge < -0.3 is 15.0 Å². The first kappa shape index (κ1) is 10.7. The molecule has 0 aliphatic carbocycles. The van der Waals surface area contributed by atoms with Gasteiger partial charge >= 0.3 is 5.97 Å². The first-order valence-corrected chi connectivity index (χ1v) is 4.49. The van der Waals surface area contributed by atoms with E-state index in [9.17, 15) is 4.79 Å². The van der Waals surface area contributed by atoms with E-state index in [0.717, 1.165) is 0 Å². The Kier molecular flexibility index (Phi) is 3.24. The molecule has 0 aromatic carbocycles. The summed E-state index contributed by atoms with van der Waals surface area (Å²) in [4.78, 5) is 14.9. The molecule has 1 atom stereocenters. The van der Waals surface area contributed by atoms with E-state index >= 15 is 0 Å². The number of rotatable bonds is 4. The Morgan fingerprint density at radius 3 is 2.71 bits per heavy atom. The second-order valence-corrected chi connectivity index (χ2v) is 3.38. The van der Waals surface area contributed by atoms with Crippen LogP contribution in [0.1, 0.15) is 31.6 Å². The van der Waals surface area contributed by atoms with Gasteiger partial charge in [-0.25, -0.2) is 4.98 Å². The predicted molar refractivity (Wildman–Crippen MR) is 52.0 cm³/mol. The maximum absolute atomic E-state index is 10.9. The van der Waals surface area contributed by atoms with E-state index in [1.165, 1.54) is 0 Å². The largest absolute Gasteiger partial charge is 0.480 e. The lowest BCUT2D eigenvalue weighted by Crippen LogP contribution is -2.27. The van der Waals surface area contributed by atoms with Gasteiger partial charge in [0.2, 0.25) is 0 Å². The topological polar surface area (TPSA) is 67.2 Å². The molecule has 1 aromatic heterocycles. The number of nitrogens with one attached hydrogen (secondary N) is 1. The van der Waals surface area contributed by atoms with E-state index in [-0.39, 0.29) is 6.04 Å². The van der Waals surface area contributed by atoms with Gasteiger partial charge in [-0.1, -0.05) is 0 Å². The molecule has 0 saturated carbocycles. The molecule has 1 unspecified atom stereocenters. The van der Waals surface area contributed by atoms with Crippen molar-refractivity contribution in [2.45, 2.75) is 25.9 Å². The van der Waals surface area contributed by atoms with Crippen molar-refractivity contribution >= 4 is 5.97 Å². The van der Waals surface area contributed by atoms with E-state index in [0.29, 0.717) is 5.69 Å². The maximum Gasteiger partial charge on any atom is 0.326 e. The molecule has 2 N–H and O–H groups in total. The van der Waals surface area contributed by atoms with Crippen molar-refractivity contribution in [1.29, 1.82) is 0 Å². The number of nitrogens with zero attached hydrogens (tertiary/aromatic N) is 2. The smallest absolute Gasteiger partial charge is 0.326 e. The van der Waals surface area contributed by atoms with Crippen LogP contribution in [0.5, 0.6) is 0 Å². The third kappa shape index (κ3) is 1.93. The van der Waals surface area contributed by atoms with E-state index in [2.05, 4.69) is 10.3 Å². The zero-order valence-corrected chi connectivity index (χ0v) is 8.56. The van der Waals surface area contributed by atoms with Gasteiger partial charge in [0.1, 0.15) is 6.04 Å². The van der Waals surface area contributed by atoms with E-state index < -0.39 is 12.0 Å². The fourth-order valence-corrected chi connectivity index (χ4v) is 1.37. The monoisotopic (exact) mass is 197 g/mol. The molecule has 78 valence electrons. The molecule has 1 aromatic rings. The highest BCUT2D eigenvalue weighted by Crippen LogP contribution is 2.16. The molecule has 1 heterocycles. The van der Waals surface area contributed by atoms with Gasteiger partial charge in [0.15, 0.2) is 0 Å². The highest BCUT2D eigenvalue weighted by molar-refractivity contribution is 5.74. The van der Waals surface area contributed by atoms with Gasteiger partial charge in [-0.05, 0) is 20.9 Å². The van der Waals surface area contributed by atoms with Crippen LogP contribution in [0.2, 0.25) is 0 Å². The van der Waals surface area contributed by atoms with Crippen molar-refractivity contribution in [1.82, 2.24) is 14.9 Å². The molecule has 0 fully saturated rings. The summed E-state index contributed by atoms with van der Waals surface area (Å²) in [5, 5.41) is 11.7. The van der Waals surface area contributed by atoms with Crippen molar-refractivity contribution in [2.24, 2.45) is 0 Å². The van der Waals surface area contributed by atoms with Crippen LogP contribution in [0.15, 0.2) is 12.5 Å². The van der Waals surface area contributed by atoms with E-state index in [4.69, 9.17) is 5.11 Å². The number of carboxylic acids is 1. The summed E-state index contributed by atoms with van der Waals surface area (Å²) in [6, 6.07) is -0.484. The fourth-order valence-electron chi connectivity index (χ4n) is 1.37. The molecule has 0 amide bonds. The van der Waals surface area contributed by atoms with Crippen molar-refractivity contribution in [3.63, 3.8) is 0 Å². The molecular weight excluding hydrogens is 182 g/mol. The highest BCUT2D eigenvalue weighted by atomic mass is 16.4. The fraction of sp³-hybridized carbons (Fsp3) is 0.556. The lowest BCUT2D eigenvalue weighted by molar-refractivity contribution is -0.139.